The van der Waals surface area contributed by atoms with Crippen molar-refractivity contribution in [1.29, 1.82) is 0 Å². The Morgan fingerprint density at radius 1 is 1.16 bits per heavy atom. The van der Waals surface area contributed by atoms with Crippen LogP contribution >= 0.6 is 10.2 Å². The first kappa shape index (κ1) is 23.9. The topological polar surface area (TPSA) is 72.6 Å². The van der Waals surface area contributed by atoms with E-state index in [0.29, 0.717) is 17.2 Å². The fourth-order valence-corrected chi connectivity index (χ4v) is 3.94. The average molecular weight is 479 g/mol. The van der Waals surface area contributed by atoms with Crippen LogP contribution in [0.2, 0.25) is 0 Å². The second-order valence-electron chi connectivity index (χ2n) is 6.90. The van der Waals surface area contributed by atoms with Crippen LogP contribution in [0.25, 0.3) is 5.78 Å². The fraction of sp³-hybridized carbons (Fsp3) is 0.368. The maximum atomic E-state index is 13.1. The maximum absolute atomic E-state index is 13.1. The first-order chi connectivity index (χ1) is 14.8. The van der Waals surface area contributed by atoms with Crippen molar-refractivity contribution in [3.8, 4) is 0 Å². The van der Waals surface area contributed by atoms with Gasteiger partial charge in [0.15, 0.2) is 0 Å². The van der Waals surface area contributed by atoms with Gasteiger partial charge in [0.1, 0.15) is 17.3 Å². The summed E-state index contributed by atoms with van der Waals surface area (Å²) in [4.78, 5) is 20.2. The van der Waals surface area contributed by atoms with E-state index in [4.69, 9.17) is 4.74 Å². The molecule has 0 saturated carbocycles. The minimum atomic E-state index is -9.89. The van der Waals surface area contributed by atoms with Crippen molar-refractivity contribution in [3.05, 3.63) is 53.6 Å². The number of carbonyl (C=O) groups is 1. The van der Waals surface area contributed by atoms with Crippen molar-refractivity contribution in [2.45, 2.75) is 31.8 Å². The Balaban J connectivity index is 0.00000141. The molecule has 2 aromatic heterocycles. The average Bonchev–Trinajstić information content (AvgIpc) is 3.21. The summed E-state index contributed by atoms with van der Waals surface area (Å²) < 4.78 is 72.7. The van der Waals surface area contributed by atoms with Crippen molar-refractivity contribution >= 4 is 21.9 Å². The van der Waals surface area contributed by atoms with E-state index >= 15 is 0 Å². The number of aryl methyl sites for hydroxylation is 1. The molecule has 0 spiro atoms. The number of aromatic nitrogens is 4. The number of hydrogen-bond acceptors (Lipinski definition) is 5. The van der Waals surface area contributed by atoms with Gasteiger partial charge in [-0.1, -0.05) is 39.3 Å². The van der Waals surface area contributed by atoms with Crippen LogP contribution in [0.3, 0.4) is 0 Å². The maximum Gasteiger partial charge on any atom is 0.310 e. The molecular formula is C19H22F5N5O2S. The molecule has 1 atom stereocenters. The van der Waals surface area contributed by atoms with Gasteiger partial charge in [0.05, 0.1) is 18.8 Å². The van der Waals surface area contributed by atoms with Crippen LogP contribution in [0.15, 0.2) is 41.6 Å². The number of carbonyl (C=O) groups excluding carboxylic acids is 1. The minimum Gasteiger partial charge on any atom is -0.368 e. The van der Waals surface area contributed by atoms with Crippen LogP contribution in [-0.2, 0) is 4.74 Å². The summed E-state index contributed by atoms with van der Waals surface area (Å²) in [5.74, 6) is -0.465. The molecular weight excluding hydrogens is 457 g/mol. The van der Waals surface area contributed by atoms with Gasteiger partial charge in [0, 0.05) is 17.8 Å². The summed E-state index contributed by atoms with van der Waals surface area (Å²) in [6.07, 6.45) is 0.662. The number of halogens is 5. The van der Waals surface area contributed by atoms with E-state index in [1.54, 1.807) is 13.0 Å². The normalized spacial score (nSPS) is 19.0. The number of benzene rings is 1. The summed E-state index contributed by atoms with van der Waals surface area (Å²) in [5, 5.41) is 4.07. The van der Waals surface area contributed by atoms with Gasteiger partial charge in [0.2, 0.25) is 0 Å². The zero-order valence-corrected chi connectivity index (χ0v) is 18.3. The Kier molecular flexibility index (Phi) is 5.71. The molecule has 1 aromatic carbocycles. The first-order valence-corrected chi connectivity index (χ1v) is 11.7. The molecule has 1 aliphatic rings. The van der Waals surface area contributed by atoms with Crippen LogP contribution in [0.4, 0.5) is 19.4 Å². The van der Waals surface area contributed by atoms with Crippen LogP contribution in [0.5, 0.6) is 0 Å². The predicted molar refractivity (Wildman–Crippen MR) is 109 cm³/mol. The minimum absolute atomic E-state index is 0.00210. The van der Waals surface area contributed by atoms with E-state index in [1.165, 1.54) is 15.7 Å². The van der Waals surface area contributed by atoms with Crippen molar-refractivity contribution in [3.63, 3.8) is 0 Å². The summed E-state index contributed by atoms with van der Waals surface area (Å²) in [6.45, 7) is 5.95. The molecule has 1 fully saturated rings. The lowest BCUT2D eigenvalue weighted by atomic mass is 10.1. The SMILES string of the molecule is CC.Cc1cc(C2CN(C(=O)c3cccc(S(F)(F)(F)(F)F)c3)CCO2)n2ncnc2n1. The molecule has 0 aliphatic carbocycles. The Morgan fingerprint density at radius 3 is 2.56 bits per heavy atom. The van der Waals surface area contributed by atoms with Gasteiger partial charge < -0.3 is 9.64 Å². The Bertz CT molecular complexity index is 1150. The number of amides is 1. The van der Waals surface area contributed by atoms with E-state index in [1.807, 2.05) is 13.8 Å². The van der Waals surface area contributed by atoms with Crippen LogP contribution < -0.4 is 0 Å². The number of fused-ring (bicyclic) bond motifs is 1. The van der Waals surface area contributed by atoms with E-state index < -0.39 is 32.7 Å². The van der Waals surface area contributed by atoms with Crippen LogP contribution in [0.1, 0.15) is 41.7 Å². The second kappa shape index (κ2) is 7.66. The molecule has 176 valence electrons. The third-order valence-corrected chi connectivity index (χ3v) is 5.76. The molecule has 32 heavy (non-hydrogen) atoms. The van der Waals surface area contributed by atoms with E-state index in [-0.39, 0.29) is 31.8 Å². The second-order valence-corrected chi connectivity index (χ2v) is 9.31. The molecule has 0 bridgehead atoms. The standard InChI is InChI=1S/C17H16F5N5O2S.C2H6/c1-11-7-14(27-17(25-11)23-10-24-27)15-9-26(5-6-29-15)16(28)12-3-2-4-13(8-12)30(18,19,20,21)22;1-2/h2-4,7-8,10,15H,5-6,9H2,1H3;1-2H3. The summed E-state index contributed by atoms with van der Waals surface area (Å²) in [5.41, 5.74) is 0.729. The third kappa shape index (κ3) is 4.99. The molecule has 13 heteroatoms. The highest BCUT2D eigenvalue weighted by atomic mass is 32.5. The highest BCUT2D eigenvalue weighted by Crippen LogP contribution is 3.02. The molecule has 7 nitrogen and oxygen atoms in total. The zero-order chi connectivity index (χ0) is 23.8. The van der Waals surface area contributed by atoms with Gasteiger partial charge in [-0.15, -0.1) is 0 Å². The first-order valence-electron chi connectivity index (χ1n) is 9.74. The van der Waals surface area contributed by atoms with Gasteiger partial charge >= 0.3 is 10.2 Å². The highest BCUT2D eigenvalue weighted by Gasteiger charge is 2.65. The zero-order valence-electron chi connectivity index (χ0n) is 17.5. The van der Waals surface area contributed by atoms with Crippen molar-refractivity contribution in [2.75, 3.05) is 19.7 Å². The number of rotatable bonds is 3. The highest BCUT2D eigenvalue weighted by molar-refractivity contribution is 8.45. The Hall–Kier alpha value is -2.80. The molecule has 4 rings (SSSR count). The van der Waals surface area contributed by atoms with E-state index in [2.05, 4.69) is 15.1 Å². The number of ether oxygens (including phenoxy) is 1. The summed E-state index contributed by atoms with van der Waals surface area (Å²) >= 11 is 0. The van der Waals surface area contributed by atoms with E-state index in [0.717, 1.165) is 12.1 Å². The predicted octanol–water partition coefficient (Wildman–Crippen LogP) is 5.33. The van der Waals surface area contributed by atoms with Crippen molar-refractivity contribution in [2.24, 2.45) is 0 Å². The Morgan fingerprint density at radius 2 is 1.88 bits per heavy atom. The van der Waals surface area contributed by atoms with Crippen LogP contribution in [0, 0.1) is 6.92 Å². The van der Waals surface area contributed by atoms with E-state index in [9.17, 15) is 24.2 Å². The molecule has 1 amide bonds. The quantitative estimate of drug-likeness (QED) is 0.475. The van der Waals surface area contributed by atoms with Gasteiger partial charge in [-0.3, -0.25) is 4.79 Å². The third-order valence-electron chi connectivity index (χ3n) is 4.62. The lowest BCUT2D eigenvalue weighted by Crippen LogP contribution is -2.42. The molecule has 3 heterocycles. The van der Waals surface area contributed by atoms with Gasteiger partial charge in [-0.2, -0.15) is 14.6 Å². The fourth-order valence-electron chi connectivity index (χ4n) is 3.25. The van der Waals surface area contributed by atoms with Crippen molar-refractivity contribution in [1.82, 2.24) is 24.5 Å². The van der Waals surface area contributed by atoms with Gasteiger partial charge in [-0.05, 0) is 31.2 Å². The smallest absolute Gasteiger partial charge is 0.310 e. The molecule has 3 aromatic rings. The monoisotopic (exact) mass is 479 g/mol. The van der Waals surface area contributed by atoms with Crippen molar-refractivity contribution < 1.29 is 29.0 Å². The molecule has 0 N–H and O–H groups in total. The lowest BCUT2D eigenvalue weighted by Gasteiger charge is -2.40. The molecule has 1 saturated heterocycles. The Labute approximate surface area is 180 Å². The number of morpholine rings is 1. The molecule has 0 radical (unpaired) electrons. The van der Waals surface area contributed by atoms with Gasteiger partial charge in [-0.25, -0.2) is 4.98 Å². The largest absolute Gasteiger partial charge is 0.368 e. The number of nitrogens with zero attached hydrogens (tertiary/aromatic N) is 5. The molecule has 1 unspecified atom stereocenters. The van der Waals surface area contributed by atoms with Gasteiger partial charge in [0.25, 0.3) is 11.7 Å². The lowest BCUT2D eigenvalue weighted by molar-refractivity contribution is -0.0257. The molecule has 1 aliphatic heterocycles. The van der Waals surface area contributed by atoms with Crippen LogP contribution in [-0.4, -0.2) is 50.1 Å². The summed E-state index contributed by atoms with van der Waals surface area (Å²) in [6, 6.07) is 4.03. The number of hydrogen-bond donors (Lipinski definition) is 0. The summed E-state index contributed by atoms with van der Waals surface area (Å²) in [7, 11) is -9.89.